The number of esters is 1. The average Bonchev–Trinajstić information content (AvgIpc) is 3.22. The van der Waals surface area contributed by atoms with E-state index in [1.807, 2.05) is 26.0 Å². The SMILES string of the molecule is CCOc1c(Br)cc(C2C(C(=O)OC3CCCCC3)=C(C)Nc3nnnn32)cc1OC. The molecule has 1 aromatic heterocycles. The van der Waals surface area contributed by atoms with Crippen LogP contribution in [0.5, 0.6) is 11.5 Å². The number of fused-ring (bicyclic) bond motifs is 1. The Labute approximate surface area is 189 Å². The molecule has 4 rings (SSSR count). The van der Waals surface area contributed by atoms with E-state index < -0.39 is 6.04 Å². The van der Waals surface area contributed by atoms with Crippen LogP contribution in [0.2, 0.25) is 0 Å². The fraction of sp³-hybridized carbons (Fsp3) is 0.524. The van der Waals surface area contributed by atoms with Gasteiger partial charge in [0.15, 0.2) is 11.5 Å². The first kappa shape index (κ1) is 21.6. The van der Waals surface area contributed by atoms with Crippen molar-refractivity contribution < 1.29 is 19.0 Å². The molecule has 0 spiro atoms. The van der Waals surface area contributed by atoms with Gasteiger partial charge in [0.2, 0.25) is 5.95 Å². The van der Waals surface area contributed by atoms with E-state index in [4.69, 9.17) is 14.2 Å². The Morgan fingerprint density at radius 3 is 2.77 bits per heavy atom. The van der Waals surface area contributed by atoms with Crippen molar-refractivity contribution in [3.05, 3.63) is 33.4 Å². The minimum absolute atomic E-state index is 0.0564. The Balaban J connectivity index is 1.76. The molecule has 10 heteroatoms. The molecule has 1 aliphatic heterocycles. The van der Waals surface area contributed by atoms with Crippen molar-refractivity contribution >= 4 is 27.8 Å². The van der Waals surface area contributed by atoms with E-state index >= 15 is 0 Å². The molecule has 2 aromatic rings. The fourth-order valence-electron chi connectivity index (χ4n) is 4.16. The average molecular weight is 492 g/mol. The summed E-state index contributed by atoms with van der Waals surface area (Å²) in [5.41, 5.74) is 1.91. The number of nitrogens with zero attached hydrogens (tertiary/aromatic N) is 4. The third-order valence-electron chi connectivity index (χ3n) is 5.62. The molecule has 1 aliphatic carbocycles. The number of hydrogen-bond donors (Lipinski definition) is 1. The lowest BCUT2D eigenvalue weighted by molar-refractivity contribution is -0.146. The molecule has 9 nitrogen and oxygen atoms in total. The maximum absolute atomic E-state index is 13.3. The minimum atomic E-state index is -0.566. The highest BCUT2D eigenvalue weighted by atomic mass is 79.9. The van der Waals surface area contributed by atoms with Crippen LogP contribution in [-0.4, -0.2) is 46.0 Å². The van der Waals surface area contributed by atoms with Crippen molar-refractivity contribution in [2.75, 3.05) is 19.0 Å². The lowest BCUT2D eigenvalue weighted by Crippen LogP contribution is -2.32. The molecule has 1 unspecified atom stereocenters. The summed E-state index contributed by atoms with van der Waals surface area (Å²) in [6.45, 7) is 4.24. The molecule has 1 N–H and O–H groups in total. The number of allylic oxidation sites excluding steroid dienone is 1. The number of ether oxygens (including phenoxy) is 3. The van der Waals surface area contributed by atoms with Crippen LogP contribution in [-0.2, 0) is 9.53 Å². The van der Waals surface area contributed by atoms with E-state index in [1.54, 1.807) is 11.8 Å². The predicted molar refractivity (Wildman–Crippen MR) is 117 cm³/mol. The highest BCUT2D eigenvalue weighted by Crippen LogP contribution is 2.42. The molecule has 0 saturated heterocycles. The molecular formula is C21H26BrN5O4. The largest absolute Gasteiger partial charge is 0.493 e. The Morgan fingerprint density at radius 1 is 1.29 bits per heavy atom. The third kappa shape index (κ3) is 4.26. The molecule has 31 heavy (non-hydrogen) atoms. The topological polar surface area (TPSA) is 100 Å². The smallest absolute Gasteiger partial charge is 0.338 e. The zero-order valence-electron chi connectivity index (χ0n) is 17.9. The second kappa shape index (κ2) is 9.25. The van der Waals surface area contributed by atoms with Crippen LogP contribution in [0.1, 0.15) is 57.6 Å². The zero-order chi connectivity index (χ0) is 22.0. The van der Waals surface area contributed by atoms with Crippen LogP contribution in [0.4, 0.5) is 5.95 Å². The van der Waals surface area contributed by atoms with Gasteiger partial charge >= 0.3 is 5.97 Å². The Kier molecular flexibility index (Phi) is 6.45. The summed E-state index contributed by atoms with van der Waals surface area (Å²) in [5.74, 6) is 1.26. The van der Waals surface area contributed by atoms with E-state index in [0.29, 0.717) is 35.3 Å². The highest BCUT2D eigenvalue weighted by Gasteiger charge is 2.37. The monoisotopic (exact) mass is 491 g/mol. The van der Waals surface area contributed by atoms with Gasteiger partial charge in [-0.05, 0) is 83.6 Å². The normalized spacial score (nSPS) is 18.9. The summed E-state index contributed by atoms with van der Waals surface area (Å²) in [6.07, 6.45) is 5.09. The van der Waals surface area contributed by atoms with Crippen LogP contribution in [0.3, 0.4) is 0 Å². The lowest BCUT2D eigenvalue weighted by Gasteiger charge is -2.30. The first-order valence-corrected chi connectivity index (χ1v) is 11.3. The van der Waals surface area contributed by atoms with Crippen LogP contribution in [0.25, 0.3) is 0 Å². The molecule has 1 aromatic carbocycles. The molecule has 2 aliphatic rings. The second-order valence-corrected chi connectivity index (χ2v) is 8.50. The number of nitrogens with one attached hydrogen (secondary N) is 1. The van der Waals surface area contributed by atoms with Crippen molar-refractivity contribution in [1.82, 2.24) is 20.2 Å². The van der Waals surface area contributed by atoms with E-state index in [2.05, 4.69) is 36.8 Å². The number of hydrogen-bond acceptors (Lipinski definition) is 8. The van der Waals surface area contributed by atoms with Gasteiger partial charge < -0.3 is 19.5 Å². The first-order chi connectivity index (χ1) is 15.0. The molecule has 1 atom stereocenters. The number of halogens is 1. The summed E-state index contributed by atoms with van der Waals surface area (Å²) < 4.78 is 19.5. The molecule has 1 fully saturated rings. The first-order valence-electron chi connectivity index (χ1n) is 10.5. The maximum atomic E-state index is 13.3. The van der Waals surface area contributed by atoms with Crippen molar-refractivity contribution in [2.45, 2.75) is 58.1 Å². The van der Waals surface area contributed by atoms with Crippen LogP contribution >= 0.6 is 15.9 Å². The van der Waals surface area contributed by atoms with E-state index in [9.17, 15) is 4.79 Å². The van der Waals surface area contributed by atoms with E-state index in [-0.39, 0.29) is 12.1 Å². The Morgan fingerprint density at radius 2 is 2.06 bits per heavy atom. The van der Waals surface area contributed by atoms with Gasteiger partial charge in [-0.2, -0.15) is 4.68 Å². The number of tetrazole rings is 1. The van der Waals surface area contributed by atoms with Gasteiger partial charge in [0, 0.05) is 5.70 Å². The van der Waals surface area contributed by atoms with Crippen molar-refractivity contribution in [3.63, 3.8) is 0 Å². The van der Waals surface area contributed by atoms with Crippen molar-refractivity contribution in [2.24, 2.45) is 0 Å². The fourth-order valence-corrected chi connectivity index (χ4v) is 4.74. The maximum Gasteiger partial charge on any atom is 0.338 e. The van der Waals surface area contributed by atoms with Gasteiger partial charge in [-0.25, -0.2) is 4.79 Å². The van der Waals surface area contributed by atoms with Crippen LogP contribution in [0, 0.1) is 0 Å². The molecule has 2 heterocycles. The summed E-state index contributed by atoms with van der Waals surface area (Å²) in [4.78, 5) is 13.3. The second-order valence-electron chi connectivity index (χ2n) is 7.65. The number of rotatable bonds is 6. The molecule has 166 valence electrons. The van der Waals surface area contributed by atoms with Gasteiger partial charge in [-0.3, -0.25) is 0 Å². The number of carbonyl (C=O) groups is 1. The van der Waals surface area contributed by atoms with Crippen LogP contribution in [0.15, 0.2) is 27.9 Å². The van der Waals surface area contributed by atoms with Gasteiger partial charge in [-0.1, -0.05) is 11.5 Å². The van der Waals surface area contributed by atoms with Gasteiger partial charge in [-0.15, -0.1) is 0 Å². The molecule has 1 saturated carbocycles. The van der Waals surface area contributed by atoms with Crippen molar-refractivity contribution in [1.29, 1.82) is 0 Å². The number of methoxy groups -OCH3 is 1. The standard InChI is InChI=1S/C21H26BrN5O4/c1-4-30-19-15(22)10-13(11-16(19)29-3)18-17(12(2)23-21-24-25-26-27(18)21)20(28)31-14-8-6-5-7-9-14/h10-11,14,18H,4-9H2,1-3H3,(H,23,24,26). The molecule has 0 radical (unpaired) electrons. The number of carbonyl (C=O) groups excluding carboxylic acids is 1. The predicted octanol–water partition coefficient (Wildman–Crippen LogP) is 4.01. The van der Waals surface area contributed by atoms with Gasteiger partial charge in [0.25, 0.3) is 0 Å². The summed E-state index contributed by atoms with van der Waals surface area (Å²) in [7, 11) is 1.58. The lowest BCUT2D eigenvalue weighted by atomic mass is 9.94. The van der Waals surface area contributed by atoms with Crippen molar-refractivity contribution in [3.8, 4) is 11.5 Å². The summed E-state index contributed by atoms with van der Waals surface area (Å²) >= 11 is 3.58. The van der Waals surface area contributed by atoms with E-state index in [1.165, 1.54) is 6.42 Å². The highest BCUT2D eigenvalue weighted by molar-refractivity contribution is 9.10. The summed E-state index contributed by atoms with van der Waals surface area (Å²) in [5, 5.41) is 15.1. The molecular weight excluding hydrogens is 466 g/mol. The number of anilines is 1. The quantitative estimate of drug-likeness (QED) is 0.604. The minimum Gasteiger partial charge on any atom is -0.493 e. The molecule has 0 amide bonds. The Hall–Kier alpha value is -2.62. The zero-order valence-corrected chi connectivity index (χ0v) is 19.4. The number of benzene rings is 1. The van der Waals surface area contributed by atoms with Crippen LogP contribution < -0.4 is 14.8 Å². The third-order valence-corrected chi connectivity index (χ3v) is 6.21. The Bertz CT molecular complexity index is 1000. The number of aromatic nitrogens is 4. The summed E-state index contributed by atoms with van der Waals surface area (Å²) in [6, 6.07) is 3.18. The van der Waals surface area contributed by atoms with Gasteiger partial charge in [0.05, 0.1) is 23.8 Å². The van der Waals surface area contributed by atoms with E-state index in [0.717, 1.165) is 35.7 Å². The molecule has 0 bridgehead atoms. The van der Waals surface area contributed by atoms with Gasteiger partial charge in [0.1, 0.15) is 12.1 Å².